The molecule has 0 radical (unpaired) electrons. The van der Waals surface area contributed by atoms with Crippen molar-refractivity contribution >= 4 is 0 Å². The number of aromatic nitrogens is 2. The van der Waals surface area contributed by atoms with Gasteiger partial charge in [-0.05, 0) is 24.6 Å². The first-order valence-electron chi connectivity index (χ1n) is 5.46. The normalized spacial score (nSPS) is 12.1. The number of hydrogen-bond donors (Lipinski definition) is 1. The zero-order valence-electron chi connectivity index (χ0n) is 9.67. The van der Waals surface area contributed by atoms with E-state index in [1.807, 2.05) is 35.8 Å². The summed E-state index contributed by atoms with van der Waals surface area (Å²) in [6, 6.07) is 9.91. The zero-order chi connectivity index (χ0) is 12.3. The van der Waals surface area contributed by atoms with Crippen molar-refractivity contribution in [2.24, 2.45) is 5.73 Å². The van der Waals surface area contributed by atoms with E-state index in [1.54, 1.807) is 12.5 Å². The van der Waals surface area contributed by atoms with Gasteiger partial charge in [0, 0.05) is 11.7 Å². The lowest BCUT2D eigenvalue weighted by atomic mass is 10.1. The highest BCUT2D eigenvalue weighted by atomic mass is 15.1. The third-order valence-corrected chi connectivity index (χ3v) is 2.63. The van der Waals surface area contributed by atoms with E-state index in [9.17, 15) is 0 Å². The van der Waals surface area contributed by atoms with E-state index in [4.69, 9.17) is 11.0 Å². The summed E-state index contributed by atoms with van der Waals surface area (Å²) in [6.07, 6.45) is 3.95. The smallest absolute Gasteiger partial charge is 0.0994 e. The molecule has 0 aliphatic carbocycles. The molecule has 4 heteroatoms. The van der Waals surface area contributed by atoms with Crippen LogP contribution in [-0.4, -0.2) is 9.55 Å². The van der Waals surface area contributed by atoms with Gasteiger partial charge in [0.2, 0.25) is 0 Å². The van der Waals surface area contributed by atoms with Crippen molar-refractivity contribution in [3.05, 3.63) is 48.0 Å². The minimum atomic E-state index is -0.0590. The number of nitrogens with zero attached hydrogens (tertiary/aromatic N) is 3. The average Bonchev–Trinajstić information content (AvgIpc) is 2.79. The summed E-state index contributed by atoms with van der Waals surface area (Å²) in [6.45, 7) is 1.93. The van der Waals surface area contributed by atoms with Gasteiger partial charge in [0.1, 0.15) is 0 Å². The summed E-state index contributed by atoms with van der Waals surface area (Å²) in [4.78, 5) is 4.11. The molecule has 1 unspecified atom stereocenters. The number of benzene rings is 1. The maximum atomic E-state index is 8.61. The van der Waals surface area contributed by atoms with Gasteiger partial charge in [-0.25, -0.2) is 4.98 Å². The number of imidazole rings is 1. The van der Waals surface area contributed by atoms with Crippen LogP contribution in [0.25, 0.3) is 5.69 Å². The highest BCUT2D eigenvalue weighted by Crippen LogP contribution is 2.16. The number of nitriles is 1. The molecule has 0 bridgehead atoms. The van der Waals surface area contributed by atoms with Gasteiger partial charge in [-0.1, -0.05) is 12.1 Å². The molecule has 86 valence electrons. The van der Waals surface area contributed by atoms with Gasteiger partial charge in [-0.15, -0.1) is 0 Å². The van der Waals surface area contributed by atoms with Gasteiger partial charge >= 0.3 is 0 Å². The predicted octanol–water partition coefficient (Wildman–Crippen LogP) is 1.96. The van der Waals surface area contributed by atoms with E-state index >= 15 is 0 Å². The standard InChI is InChI=1S/C13H14N4/c1-10(15)13-8-16-9-17(13)12-4-2-11(3-5-12)6-7-14/h2-5,8-10H,6,15H2,1H3. The molecular formula is C13H14N4. The van der Waals surface area contributed by atoms with Gasteiger partial charge in [0.15, 0.2) is 0 Å². The van der Waals surface area contributed by atoms with Crippen LogP contribution in [0.3, 0.4) is 0 Å². The first-order valence-corrected chi connectivity index (χ1v) is 5.46. The van der Waals surface area contributed by atoms with Crippen molar-refractivity contribution < 1.29 is 0 Å². The second kappa shape index (κ2) is 4.81. The van der Waals surface area contributed by atoms with Crippen LogP contribution < -0.4 is 5.73 Å². The summed E-state index contributed by atoms with van der Waals surface area (Å²) in [5.41, 5.74) is 8.86. The molecule has 0 aliphatic heterocycles. The van der Waals surface area contributed by atoms with E-state index in [0.29, 0.717) is 6.42 Å². The molecule has 2 aromatic rings. The number of nitrogens with two attached hydrogens (primary N) is 1. The Labute approximate surface area is 100 Å². The topological polar surface area (TPSA) is 67.6 Å². The molecule has 1 heterocycles. The lowest BCUT2D eigenvalue weighted by Gasteiger charge is -2.10. The second-order valence-electron chi connectivity index (χ2n) is 3.98. The summed E-state index contributed by atoms with van der Waals surface area (Å²) in [5.74, 6) is 0. The second-order valence-corrected chi connectivity index (χ2v) is 3.98. The molecular weight excluding hydrogens is 212 g/mol. The lowest BCUT2D eigenvalue weighted by molar-refractivity contribution is 0.752. The van der Waals surface area contributed by atoms with E-state index < -0.39 is 0 Å². The Kier molecular flexibility index (Phi) is 3.22. The molecule has 0 saturated heterocycles. The van der Waals surface area contributed by atoms with Crippen LogP contribution >= 0.6 is 0 Å². The minimum Gasteiger partial charge on any atom is -0.323 e. The zero-order valence-corrected chi connectivity index (χ0v) is 9.67. The Morgan fingerprint density at radius 2 is 2.12 bits per heavy atom. The highest BCUT2D eigenvalue weighted by molar-refractivity contribution is 5.37. The Morgan fingerprint density at radius 1 is 1.41 bits per heavy atom. The molecule has 2 rings (SSSR count). The van der Waals surface area contributed by atoms with Gasteiger partial charge in [-0.2, -0.15) is 5.26 Å². The third-order valence-electron chi connectivity index (χ3n) is 2.63. The Hall–Kier alpha value is -2.12. The molecule has 0 fully saturated rings. The maximum Gasteiger partial charge on any atom is 0.0994 e. The van der Waals surface area contributed by atoms with Crippen LogP contribution in [0.15, 0.2) is 36.8 Å². The van der Waals surface area contributed by atoms with Crippen molar-refractivity contribution in [2.75, 3.05) is 0 Å². The van der Waals surface area contributed by atoms with Crippen LogP contribution in [-0.2, 0) is 6.42 Å². The first-order chi connectivity index (χ1) is 8.22. The highest BCUT2D eigenvalue weighted by Gasteiger charge is 2.07. The summed E-state index contributed by atoms with van der Waals surface area (Å²) in [5, 5.41) is 8.61. The molecule has 17 heavy (non-hydrogen) atoms. The van der Waals surface area contributed by atoms with Crippen molar-refractivity contribution in [1.29, 1.82) is 5.26 Å². The molecule has 1 atom stereocenters. The Balaban J connectivity index is 2.34. The van der Waals surface area contributed by atoms with Gasteiger partial charge in [-0.3, -0.25) is 0 Å². The first kappa shape index (κ1) is 11.4. The molecule has 0 aliphatic rings. The average molecular weight is 226 g/mol. The van der Waals surface area contributed by atoms with Crippen LogP contribution in [0, 0.1) is 11.3 Å². The van der Waals surface area contributed by atoms with Crippen molar-refractivity contribution in [3.63, 3.8) is 0 Å². The fourth-order valence-corrected chi connectivity index (χ4v) is 1.72. The van der Waals surface area contributed by atoms with Crippen molar-refractivity contribution in [2.45, 2.75) is 19.4 Å². The lowest BCUT2D eigenvalue weighted by Crippen LogP contribution is -2.10. The molecule has 1 aromatic carbocycles. The Bertz CT molecular complexity index is 531. The van der Waals surface area contributed by atoms with E-state index in [-0.39, 0.29) is 6.04 Å². The predicted molar refractivity (Wildman–Crippen MR) is 65.5 cm³/mol. The van der Waals surface area contributed by atoms with Gasteiger partial charge < -0.3 is 10.3 Å². The van der Waals surface area contributed by atoms with E-state index in [2.05, 4.69) is 11.1 Å². The summed E-state index contributed by atoms with van der Waals surface area (Å²) >= 11 is 0. The summed E-state index contributed by atoms with van der Waals surface area (Å²) in [7, 11) is 0. The quantitative estimate of drug-likeness (QED) is 0.869. The van der Waals surface area contributed by atoms with Crippen molar-refractivity contribution in [3.8, 4) is 11.8 Å². The molecule has 2 N–H and O–H groups in total. The van der Waals surface area contributed by atoms with Crippen LogP contribution in [0.1, 0.15) is 24.2 Å². The van der Waals surface area contributed by atoms with Crippen LogP contribution in [0.5, 0.6) is 0 Å². The largest absolute Gasteiger partial charge is 0.323 e. The Morgan fingerprint density at radius 3 is 2.71 bits per heavy atom. The molecule has 0 saturated carbocycles. The number of hydrogen-bond acceptors (Lipinski definition) is 3. The fraction of sp³-hybridized carbons (Fsp3) is 0.231. The number of rotatable bonds is 3. The molecule has 0 spiro atoms. The van der Waals surface area contributed by atoms with Gasteiger partial charge in [0.05, 0.1) is 30.7 Å². The molecule has 1 aromatic heterocycles. The monoisotopic (exact) mass is 226 g/mol. The molecule has 0 amide bonds. The van der Waals surface area contributed by atoms with Gasteiger partial charge in [0.25, 0.3) is 0 Å². The SMILES string of the molecule is CC(N)c1cncn1-c1ccc(CC#N)cc1. The van der Waals surface area contributed by atoms with E-state index in [1.165, 1.54) is 0 Å². The fourth-order valence-electron chi connectivity index (χ4n) is 1.72. The van der Waals surface area contributed by atoms with Crippen LogP contribution in [0.2, 0.25) is 0 Å². The minimum absolute atomic E-state index is 0.0590. The third kappa shape index (κ3) is 2.35. The van der Waals surface area contributed by atoms with Crippen molar-refractivity contribution in [1.82, 2.24) is 9.55 Å². The van der Waals surface area contributed by atoms with Crippen LogP contribution in [0.4, 0.5) is 0 Å². The maximum absolute atomic E-state index is 8.61. The van der Waals surface area contributed by atoms with E-state index in [0.717, 1.165) is 16.9 Å². The summed E-state index contributed by atoms with van der Waals surface area (Å²) < 4.78 is 1.96. The molecule has 4 nitrogen and oxygen atoms in total.